The highest BCUT2D eigenvalue weighted by atomic mass is 32.1. The van der Waals surface area contributed by atoms with E-state index >= 15 is 0 Å². The molecule has 0 saturated carbocycles. The summed E-state index contributed by atoms with van der Waals surface area (Å²) < 4.78 is 8.06. The van der Waals surface area contributed by atoms with E-state index in [-0.39, 0.29) is 18.4 Å². The van der Waals surface area contributed by atoms with Gasteiger partial charge in [0.2, 0.25) is 5.91 Å². The molecule has 164 valence electrons. The number of nitrogens with one attached hydrogen (secondary N) is 1. The minimum absolute atomic E-state index is 0.00604. The number of hydrogen-bond acceptors (Lipinski definition) is 6. The van der Waals surface area contributed by atoms with Gasteiger partial charge in [0.15, 0.2) is 10.8 Å². The number of likely N-dealkylation sites (tertiary alicyclic amines) is 1. The van der Waals surface area contributed by atoms with Crippen molar-refractivity contribution < 1.29 is 14.3 Å². The molecule has 4 aromatic rings. The fourth-order valence-electron chi connectivity index (χ4n) is 3.99. The predicted octanol–water partition coefficient (Wildman–Crippen LogP) is 3.92. The normalized spacial score (nSPS) is 13.7. The summed E-state index contributed by atoms with van der Waals surface area (Å²) >= 11 is 1.39. The lowest BCUT2D eigenvalue weighted by Gasteiger charge is -2.13. The summed E-state index contributed by atoms with van der Waals surface area (Å²) in [6.45, 7) is 4.03. The van der Waals surface area contributed by atoms with Crippen LogP contribution >= 0.6 is 11.3 Å². The van der Waals surface area contributed by atoms with E-state index in [0.29, 0.717) is 17.4 Å². The molecule has 32 heavy (non-hydrogen) atoms. The first-order chi connectivity index (χ1) is 15.6. The summed E-state index contributed by atoms with van der Waals surface area (Å²) in [5.41, 5.74) is 1.96. The standard InChI is InChI=1S/C23H23N5O3S/c1-2-31-15-9-10-17-19(13-15)32-23(24-17)25-20(29)14-28-18-8-4-3-7-16(18)21(26-28)22(30)27-11-5-6-12-27/h3-4,7-10,13H,2,5-6,11-12,14H2,1H3,(H,24,25,29). The highest BCUT2D eigenvalue weighted by Crippen LogP contribution is 2.29. The summed E-state index contributed by atoms with van der Waals surface area (Å²) in [4.78, 5) is 32.1. The summed E-state index contributed by atoms with van der Waals surface area (Å²) in [6.07, 6.45) is 2.03. The number of rotatable bonds is 6. The van der Waals surface area contributed by atoms with Crippen molar-refractivity contribution in [3.05, 3.63) is 48.2 Å². The number of anilines is 1. The van der Waals surface area contributed by atoms with Crippen LogP contribution in [-0.2, 0) is 11.3 Å². The third-order valence-electron chi connectivity index (χ3n) is 5.46. The molecule has 2 aromatic carbocycles. The molecule has 0 aliphatic carbocycles. The van der Waals surface area contributed by atoms with Crippen molar-refractivity contribution in [1.29, 1.82) is 0 Å². The maximum atomic E-state index is 13.0. The number of fused-ring (bicyclic) bond motifs is 2. The fraction of sp³-hybridized carbons (Fsp3) is 0.304. The van der Waals surface area contributed by atoms with Crippen LogP contribution in [0.1, 0.15) is 30.3 Å². The van der Waals surface area contributed by atoms with Gasteiger partial charge in [-0.1, -0.05) is 29.5 Å². The van der Waals surface area contributed by atoms with Crippen LogP contribution in [0.15, 0.2) is 42.5 Å². The van der Waals surface area contributed by atoms with Crippen molar-refractivity contribution in [1.82, 2.24) is 19.7 Å². The van der Waals surface area contributed by atoms with E-state index in [2.05, 4.69) is 15.4 Å². The topological polar surface area (TPSA) is 89.3 Å². The van der Waals surface area contributed by atoms with Crippen LogP contribution in [0.3, 0.4) is 0 Å². The van der Waals surface area contributed by atoms with E-state index in [1.807, 2.05) is 54.3 Å². The van der Waals surface area contributed by atoms with E-state index in [4.69, 9.17) is 4.74 Å². The fourth-order valence-corrected chi connectivity index (χ4v) is 4.90. The molecule has 1 N–H and O–H groups in total. The number of carbonyl (C=O) groups is 2. The Morgan fingerprint density at radius 2 is 1.97 bits per heavy atom. The first-order valence-electron chi connectivity index (χ1n) is 10.7. The molecule has 1 aliphatic rings. The van der Waals surface area contributed by atoms with Gasteiger partial charge in [0.1, 0.15) is 12.3 Å². The number of carbonyl (C=O) groups excluding carboxylic acids is 2. The smallest absolute Gasteiger partial charge is 0.275 e. The molecule has 3 heterocycles. The van der Waals surface area contributed by atoms with E-state index in [1.165, 1.54) is 11.3 Å². The van der Waals surface area contributed by atoms with Crippen LogP contribution in [-0.4, -0.2) is 51.2 Å². The van der Waals surface area contributed by atoms with E-state index in [1.54, 1.807) is 4.68 Å². The second-order valence-corrected chi connectivity index (χ2v) is 8.68. The molecular weight excluding hydrogens is 426 g/mol. The zero-order chi connectivity index (χ0) is 22.1. The zero-order valence-electron chi connectivity index (χ0n) is 17.7. The number of hydrogen-bond donors (Lipinski definition) is 1. The molecule has 0 radical (unpaired) electrons. The Morgan fingerprint density at radius 3 is 2.78 bits per heavy atom. The highest BCUT2D eigenvalue weighted by Gasteiger charge is 2.25. The van der Waals surface area contributed by atoms with Crippen LogP contribution in [0.4, 0.5) is 5.13 Å². The largest absolute Gasteiger partial charge is 0.494 e. The molecule has 2 amide bonds. The van der Waals surface area contributed by atoms with Gasteiger partial charge in [0.05, 0.1) is 22.3 Å². The monoisotopic (exact) mass is 449 g/mol. The van der Waals surface area contributed by atoms with Gasteiger partial charge in [-0.2, -0.15) is 5.10 Å². The lowest BCUT2D eigenvalue weighted by Crippen LogP contribution is -2.28. The maximum Gasteiger partial charge on any atom is 0.275 e. The molecule has 5 rings (SSSR count). The third kappa shape index (κ3) is 3.91. The lowest BCUT2D eigenvalue weighted by atomic mass is 10.2. The molecule has 0 bridgehead atoms. The number of benzene rings is 2. The number of nitrogens with zero attached hydrogens (tertiary/aromatic N) is 4. The van der Waals surface area contributed by atoms with Crippen molar-refractivity contribution in [3.8, 4) is 5.75 Å². The Balaban J connectivity index is 1.37. The average Bonchev–Trinajstić information content (AvgIpc) is 3.52. The van der Waals surface area contributed by atoms with Crippen LogP contribution in [0.5, 0.6) is 5.75 Å². The SMILES string of the molecule is CCOc1ccc2nc(NC(=O)Cn3nc(C(=O)N4CCCC4)c4ccccc43)sc2c1. The molecule has 2 aromatic heterocycles. The van der Waals surface area contributed by atoms with Crippen molar-refractivity contribution >= 4 is 49.4 Å². The van der Waals surface area contributed by atoms with Crippen molar-refractivity contribution in [2.45, 2.75) is 26.3 Å². The van der Waals surface area contributed by atoms with Crippen LogP contribution < -0.4 is 10.1 Å². The van der Waals surface area contributed by atoms with Gasteiger partial charge in [-0.15, -0.1) is 0 Å². The van der Waals surface area contributed by atoms with E-state index in [0.717, 1.165) is 52.8 Å². The summed E-state index contributed by atoms with van der Waals surface area (Å²) in [5.74, 6) is 0.455. The van der Waals surface area contributed by atoms with Gasteiger partial charge >= 0.3 is 0 Å². The Labute approximate surface area is 188 Å². The summed E-state index contributed by atoms with van der Waals surface area (Å²) in [6, 6.07) is 13.2. The van der Waals surface area contributed by atoms with Crippen molar-refractivity contribution in [3.63, 3.8) is 0 Å². The minimum Gasteiger partial charge on any atom is -0.494 e. The van der Waals surface area contributed by atoms with E-state index in [9.17, 15) is 9.59 Å². The van der Waals surface area contributed by atoms with Crippen LogP contribution in [0.25, 0.3) is 21.1 Å². The molecule has 0 atom stereocenters. The summed E-state index contributed by atoms with van der Waals surface area (Å²) in [5, 5.41) is 8.66. The Morgan fingerprint density at radius 1 is 1.16 bits per heavy atom. The number of aromatic nitrogens is 3. The van der Waals surface area contributed by atoms with Crippen LogP contribution in [0.2, 0.25) is 0 Å². The van der Waals surface area contributed by atoms with Gasteiger partial charge in [-0.25, -0.2) is 4.98 Å². The van der Waals surface area contributed by atoms with Crippen LogP contribution in [0, 0.1) is 0 Å². The molecule has 0 unspecified atom stereocenters. The molecule has 1 aliphatic heterocycles. The molecular formula is C23H23N5O3S. The van der Waals surface area contributed by atoms with Crippen molar-refractivity contribution in [2.75, 3.05) is 25.0 Å². The quantitative estimate of drug-likeness (QED) is 0.482. The van der Waals surface area contributed by atoms with Gasteiger partial charge in [0, 0.05) is 18.5 Å². The molecule has 1 saturated heterocycles. The second kappa shape index (κ2) is 8.58. The van der Waals surface area contributed by atoms with Gasteiger partial charge in [-0.3, -0.25) is 14.3 Å². The van der Waals surface area contributed by atoms with Gasteiger partial charge < -0.3 is 15.0 Å². The third-order valence-corrected chi connectivity index (χ3v) is 6.40. The number of para-hydroxylation sites is 1. The number of ether oxygens (including phenoxy) is 1. The molecule has 0 spiro atoms. The van der Waals surface area contributed by atoms with Gasteiger partial charge in [-0.05, 0) is 44.0 Å². The average molecular weight is 450 g/mol. The Kier molecular flexibility index (Phi) is 5.48. The molecule has 1 fully saturated rings. The molecule has 8 nitrogen and oxygen atoms in total. The number of thiazole rings is 1. The first kappa shape index (κ1) is 20.4. The lowest BCUT2D eigenvalue weighted by molar-refractivity contribution is -0.116. The predicted molar refractivity (Wildman–Crippen MR) is 124 cm³/mol. The summed E-state index contributed by atoms with van der Waals surface area (Å²) in [7, 11) is 0. The molecule has 9 heteroatoms. The maximum absolute atomic E-state index is 13.0. The Hall–Kier alpha value is -3.46. The second-order valence-electron chi connectivity index (χ2n) is 7.65. The van der Waals surface area contributed by atoms with E-state index < -0.39 is 0 Å². The minimum atomic E-state index is -0.248. The first-order valence-corrected chi connectivity index (χ1v) is 11.5. The zero-order valence-corrected chi connectivity index (χ0v) is 18.5. The number of amides is 2. The van der Waals surface area contributed by atoms with Crippen molar-refractivity contribution in [2.24, 2.45) is 0 Å². The Bertz CT molecular complexity index is 1310. The van der Waals surface area contributed by atoms with Gasteiger partial charge in [0.25, 0.3) is 5.91 Å². The highest BCUT2D eigenvalue weighted by molar-refractivity contribution is 7.22.